The number of carbonyl (C=O) groups excluding carboxylic acids is 1. The molecule has 0 saturated carbocycles. The Hall–Kier alpha value is -1.56. The Morgan fingerprint density at radius 2 is 2.07 bits per heavy atom. The summed E-state index contributed by atoms with van der Waals surface area (Å²) in [4.78, 5) is 10.5. The predicted molar refractivity (Wildman–Crippen MR) is 47.0 cm³/mol. The van der Waals surface area contributed by atoms with E-state index in [-0.39, 0.29) is 12.3 Å². The molecule has 1 amide bonds. The van der Waals surface area contributed by atoms with Crippen molar-refractivity contribution in [2.24, 2.45) is 0 Å². The number of aliphatic hydroxyl groups is 1. The van der Waals surface area contributed by atoms with Crippen molar-refractivity contribution < 1.29 is 23.1 Å². The summed E-state index contributed by atoms with van der Waals surface area (Å²) in [6.07, 6.45) is -4.91. The second-order valence-electron chi connectivity index (χ2n) is 2.81. The number of rotatable bonds is 2. The molecule has 0 aliphatic rings. The summed E-state index contributed by atoms with van der Waals surface area (Å²) in [5.41, 5.74) is 0.429. The van der Waals surface area contributed by atoms with Crippen LogP contribution in [0.5, 0.6) is 0 Å². The summed E-state index contributed by atoms with van der Waals surface area (Å²) in [5.74, 6) is -2.03. The molecule has 15 heavy (non-hydrogen) atoms. The number of benzene rings is 1. The van der Waals surface area contributed by atoms with Gasteiger partial charge < -0.3 is 10.4 Å². The van der Waals surface area contributed by atoms with Crippen LogP contribution in [0.2, 0.25) is 0 Å². The molecular formula is C9H8F3NO2. The van der Waals surface area contributed by atoms with Crippen molar-refractivity contribution >= 4 is 11.6 Å². The van der Waals surface area contributed by atoms with E-state index in [1.807, 2.05) is 0 Å². The molecular weight excluding hydrogens is 211 g/mol. The summed E-state index contributed by atoms with van der Waals surface area (Å²) in [6.45, 7) is -0.296. The van der Waals surface area contributed by atoms with Gasteiger partial charge in [0.15, 0.2) is 0 Å². The number of hydrogen-bond donors (Lipinski definition) is 2. The van der Waals surface area contributed by atoms with E-state index in [2.05, 4.69) is 0 Å². The lowest BCUT2D eigenvalue weighted by atomic mass is 10.2. The molecule has 2 N–H and O–H groups in total. The zero-order valence-corrected chi connectivity index (χ0v) is 7.51. The molecule has 0 unspecified atom stereocenters. The number of carbonyl (C=O) groups is 1. The van der Waals surface area contributed by atoms with Gasteiger partial charge in [0.1, 0.15) is 0 Å². The molecule has 0 bridgehead atoms. The molecule has 0 fully saturated rings. The monoisotopic (exact) mass is 219 g/mol. The number of anilines is 1. The number of aliphatic hydroxyl groups excluding tert-OH is 1. The van der Waals surface area contributed by atoms with Crippen molar-refractivity contribution in [2.45, 2.75) is 12.8 Å². The van der Waals surface area contributed by atoms with Gasteiger partial charge in [-0.1, -0.05) is 12.1 Å². The minimum Gasteiger partial charge on any atom is -0.392 e. The number of hydrogen-bond acceptors (Lipinski definition) is 2. The quantitative estimate of drug-likeness (QED) is 0.795. The minimum absolute atomic E-state index is 0.00359. The van der Waals surface area contributed by atoms with Gasteiger partial charge in [-0.05, 0) is 17.7 Å². The number of halogens is 3. The van der Waals surface area contributed by atoms with Gasteiger partial charge in [-0.15, -0.1) is 0 Å². The van der Waals surface area contributed by atoms with Crippen LogP contribution in [0.1, 0.15) is 5.56 Å². The second kappa shape index (κ2) is 4.31. The first kappa shape index (κ1) is 11.5. The number of alkyl halides is 3. The highest BCUT2D eigenvalue weighted by Crippen LogP contribution is 2.18. The highest BCUT2D eigenvalue weighted by molar-refractivity contribution is 5.94. The summed E-state index contributed by atoms with van der Waals surface area (Å²) in [6, 6.07) is 5.55. The molecule has 0 radical (unpaired) electrons. The van der Waals surface area contributed by atoms with E-state index in [1.165, 1.54) is 24.3 Å². The van der Waals surface area contributed by atoms with Crippen LogP contribution >= 0.6 is 0 Å². The molecule has 0 aliphatic heterocycles. The molecule has 0 aliphatic carbocycles. The van der Waals surface area contributed by atoms with Crippen LogP contribution in [-0.2, 0) is 11.4 Å². The van der Waals surface area contributed by atoms with Crippen molar-refractivity contribution in [3.8, 4) is 0 Å². The fourth-order valence-electron chi connectivity index (χ4n) is 0.949. The highest BCUT2D eigenvalue weighted by atomic mass is 19.4. The molecule has 3 nitrogen and oxygen atoms in total. The van der Waals surface area contributed by atoms with Crippen LogP contribution in [0.3, 0.4) is 0 Å². The van der Waals surface area contributed by atoms with Crippen molar-refractivity contribution in [2.75, 3.05) is 5.32 Å². The molecule has 0 aromatic heterocycles. The maximum absolute atomic E-state index is 11.9. The number of nitrogens with one attached hydrogen (secondary N) is 1. The Kier molecular flexibility index (Phi) is 3.31. The second-order valence-corrected chi connectivity index (χ2v) is 2.81. The van der Waals surface area contributed by atoms with E-state index in [1.54, 1.807) is 5.32 Å². The third-order valence-corrected chi connectivity index (χ3v) is 1.62. The molecule has 0 saturated heterocycles. The topological polar surface area (TPSA) is 49.3 Å². The van der Waals surface area contributed by atoms with Crippen molar-refractivity contribution in [3.05, 3.63) is 29.8 Å². The summed E-state index contributed by atoms with van der Waals surface area (Å²) in [5, 5.41) is 10.4. The van der Waals surface area contributed by atoms with Crippen molar-refractivity contribution in [1.82, 2.24) is 0 Å². The average molecular weight is 219 g/mol. The van der Waals surface area contributed by atoms with Crippen LogP contribution in [0.15, 0.2) is 24.3 Å². The molecule has 1 aromatic carbocycles. The fraction of sp³-hybridized carbons (Fsp3) is 0.222. The van der Waals surface area contributed by atoms with Gasteiger partial charge in [0.25, 0.3) is 0 Å². The lowest BCUT2D eigenvalue weighted by Crippen LogP contribution is -2.29. The first-order valence-electron chi connectivity index (χ1n) is 4.01. The van der Waals surface area contributed by atoms with E-state index >= 15 is 0 Å². The summed E-state index contributed by atoms with van der Waals surface area (Å²) < 4.78 is 35.6. The average Bonchev–Trinajstić information content (AvgIpc) is 2.16. The van der Waals surface area contributed by atoms with E-state index in [0.29, 0.717) is 5.56 Å². The zero-order valence-electron chi connectivity index (χ0n) is 7.51. The van der Waals surface area contributed by atoms with Crippen LogP contribution in [-0.4, -0.2) is 17.2 Å². The Labute approximate surface area is 83.5 Å². The zero-order chi connectivity index (χ0) is 11.5. The van der Waals surface area contributed by atoms with Gasteiger partial charge in [-0.3, -0.25) is 4.79 Å². The molecule has 1 aromatic rings. The van der Waals surface area contributed by atoms with E-state index in [4.69, 9.17) is 5.11 Å². The molecule has 1 rings (SSSR count). The maximum atomic E-state index is 11.9. The third kappa shape index (κ3) is 3.25. The summed E-state index contributed by atoms with van der Waals surface area (Å²) >= 11 is 0. The molecule has 0 atom stereocenters. The van der Waals surface area contributed by atoms with Crippen LogP contribution in [0.4, 0.5) is 18.9 Å². The van der Waals surface area contributed by atoms with Gasteiger partial charge in [-0.2, -0.15) is 13.2 Å². The normalized spacial score (nSPS) is 11.2. The van der Waals surface area contributed by atoms with Crippen LogP contribution in [0.25, 0.3) is 0 Å². The van der Waals surface area contributed by atoms with Crippen LogP contribution in [0, 0.1) is 0 Å². The molecule has 0 heterocycles. The first-order chi connectivity index (χ1) is 6.93. The Morgan fingerprint density at radius 1 is 1.40 bits per heavy atom. The van der Waals surface area contributed by atoms with Crippen molar-refractivity contribution in [1.29, 1.82) is 0 Å². The SMILES string of the molecule is O=C(Nc1cccc(CO)c1)C(F)(F)F. The fourth-order valence-corrected chi connectivity index (χ4v) is 0.949. The van der Waals surface area contributed by atoms with E-state index < -0.39 is 12.1 Å². The predicted octanol–water partition coefficient (Wildman–Crippen LogP) is 1.68. The van der Waals surface area contributed by atoms with Crippen molar-refractivity contribution in [3.63, 3.8) is 0 Å². The van der Waals surface area contributed by atoms with E-state index in [0.717, 1.165) is 0 Å². The standard InChI is InChI=1S/C9H8F3NO2/c10-9(11,12)8(15)13-7-3-1-2-6(4-7)5-14/h1-4,14H,5H2,(H,13,15). The smallest absolute Gasteiger partial charge is 0.392 e. The number of amides is 1. The largest absolute Gasteiger partial charge is 0.471 e. The lowest BCUT2D eigenvalue weighted by Gasteiger charge is -2.08. The highest BCUT2D eigenvalue weighted by Gasteiger charge is 2.38. The Bertz CT molecular complexity index is 363. The lowest BCUT2D eigenvalue weighted by molar-refractivity contribution is -0.167. The van der Waals surface area contributed by atoms with Gasteiger partial charge in [0.2, 0.25) is 0 Å². The molecule has 82 valence electrons. The minimum atomic E-state index is -4.91. The van der Waals surface area contributed by atoms with Gasteiger partial charge in [0.05, 0.1) is 6.61 Å². The Morgan fingerprint density at radius 3 is 2.60 bits per heavy atom. The van der Waals surface area contributed by atoms with Gasteiger partial charge in [0, 0.05) is 5.69 Å². The molecule has 6 heteroatoms. The van der Waals surface area contributed by atoms with Gasteiger partial charge in [-0.25, -0.2) is 0 Å². The van der Waals surface area contributed by atoms with E-state index in [9.17, 15) is 18.0 Å². The summed E-state index contributed by atoms with van der Waals surface area (Å²) in [7, 11) is 0. The maximum Gasteiger partial charge on any atom is 0.471 e. The van der Waals surface area contributed by atoms with Crippen LogP contribution < -0.4 is 5.32 Å². The first-order valence-corrected chi connectivity index (χ1v) is 4.01. The Balaban J connectivity index is 2.77. The van der Waals surface area contributed by atoms with Gasteiger partial charge >= 0.3 is 12.1 Å². The third-order valence-electron chi connectivity index (χ3n) is 1.62. The molecule has 0 spiro atoms.